The predicted molar refractivity (Wildman–Crippen MR) is 70.2 cm³/mol. The third kappa shape index (κ3) is 3.23. The number of hydrogen-bond acceptors (Lipinski definition) is 4. The van der Waals surface area contributed by atoms with Crippen LogP contribution in [0.5, 0.6) is 0 Å². The molecule has 0 N–H and O–H groups in total. The van der Waals surface area contributed by atoms with Crippen LogP contribution in [0.3, 0.4) is 0 Å². The molecule has 0 spiro atoms. The molecule has 0 aliphatic heterocycles. The van der Waals surface area contributed by atoms with Gasteiger partial charge in [-0.2, -0.15) is 4.98 Å². The van der Waals surface area contributed by atoms with Crippen molar-refractivity contribution in [2.45, 2.75) is 24.9 Å². The Labute approximate surface area is 114 Å². The van der Waals surface area contributed by atoms with Gasteiger partial charge in [-0.25, -0.2) is 4.39 Å². The molecule has 1 unspecified atom stereocenters. The summed E-state index contributed by atoms with van der Waals surface area (Å²) >= 11 is 7.57. The van der Waals surface area contributed by atoms with Crippen molar-refractivity contribution in [3.8, 4) is 0 Å². The minimum Gasteiger partial charge on any atom is -0.338 e. The van der Waals surface area contributed by atoms with Crippen LogP contribution < -0.4 is 0 Å². The third-order valence-electron chi connectivity index (χ3n) is 2.39. The molecule has 96 valence electrons. The van der Waals surface area contributed by atoms with Crippen LogP contribution in [-0.2, 0) is 5.75 Å². The molecule has 0 amide bonds. The van der Waals surface area contributed by atoms with E-state index in [0.29, 0.717) is 22.5 Å². The van der Waals surface area contributed by atoms with Crippen molar-refractivity contribution in [2.24, 2.45) is 0 Å². The smallest absolute Gasteiger partial charge is 0.239 e. The third-order valence-corrected chi connectivity index (χ3v) is 3.93. The Hall–Kier alpha value is -1.07. The Kier molecular flexibility index (Phi) is 4.24. The van der Waals surface area contributed by atoms with E-state index in [0.717, 1.165) is 5.56 Å². The second kappa shape index (κ2) is 5.71. The van der Waals surface area contributed by atoms with E-state index >= 15 is 0 Å². The van der Waals surface area contributed by atoms with E-state index in [1.807, 2.05) is 6.92 Å². The standard InChI is InChI=1S/C12H12ClFN2OS/c1-7(12-15-8(2)16-17-12)18-6-9-3-4-10(14)5-11(9)13/h3-5,7H,6H2,1-2H3. The molecule has 0 fully saturated rings. The molecule has 0 saturated heterocycles. The molecule has 1 aromatic heterocycles. The van der Waals surface area contributed by atoms with Gasteiger partial charge in [0.05, 0.1) is 5.25 Å². The number of aromatic nitrogens is 2. The molecular weight excluding hydrogens is 275 g/mol. The number of thioether (sulfide) groups is 1. The molecule has 1 aromatic carbocycles. The molecule has 6 heteroatoms. The molecule has 18 heavy (non-hydrogen) atoms. The summed E-state index contributed by atoms with van der Waals surface area (Å²) in [6, 6.07) is 4.42. The van der Waals surface area contributed by atoms with Crippen molar-refractivity contribution in [2.75, 3.05) is 0 Å². The number of halogens is 2. The summed E-state index contributed by atoms with van der Waals surface area (Å²) in [6.45, 7) is 3.76. The van der Waals surface area contributed by atoms with Crippen molar-refractivity contribution in [1.29, 1.82) is 0 Å². The Balaban J connectivity index is 1.99. The first kappa shape index (κ1) is 13.4. The first-order valence-corrected chi connectivity index (χ1v) is 6.84. The quantitative estimate of drug-likeness (QED) is 0.846. The highest BCUT2D eigenvalue weighted by Crippen LogP contribution is 2.32. The summed E-state index contributed by atoms with van der Waals surface area (Å²) in [5.74, 6) is 1.56. The molecular formula is C12H12ClFN2OS. The lowest BCUT2D eigenvalue weighted by Gasteiger charge is -2.07. The normalized spacial score (nSPS) is 12.7. The van der Waals surface area contributed by atoms with Crippen LogP contribution in [0, 0.1) is 12.7 Å². The summed E-state index contributed by atoms with van der Waals surface area (Å²) < 4.78 is 18.0. The first-order valence-electron chi connectivity index (χ1n) is 5.42. The molecule has 0 bridgehead atoms. The Morgan fingerprint density at radius 1 is 1.50 bits per heavy atom. The van der Waals surface area contributed by atoms with E-state index in [2.05, 4.69) is 10.1 Å². The van der Waals surface area contributed by atoms with Crippen molar-refractivity contribution in [3.05, 3.63) is 46.3 Å². The minimum atomic E-state index is -0.325. The van der Waals surface area contributed by atoms with E-state index in [4.69, 9.17) is 16.1 Å². The van der Waals surface area contributed by atoms with Gasteiger partial charge < -0.3 is 4.52 Å². The average molecular weight is 287 g/mol. The molecule has 0 radical (unpaired) electrons. The highest BCUT2D eigenvalue weighted by molar-refractivity contribution is 7.98. The zero-order chi connectivity index (χ0) is 13.1. The monoisotopic (exact) mass is 286 g/mol. The van der Waals surface area contributed by atoms with Crippen molar-refractivity contribution in [3.63, 3.8) is 0 Å². The van der Waals surface area contributed by atoms with Gasteiger partial charge in [-0.05, 0) is 31.5 Å². The fourth-order valence-electron chi connectivity index (χ4n) is 1.40. The maximum Gasteiger partial charge on any atom is 0.239 e. The number of nitrogens with zero attached hydrogens (tertiary/aromatic N) is 2. The van der Waals surface area contributed by atoms with Crippen LogP contribution in [0.2, 0.25) is 5.02 Å². The van der Waals surface area contributed by atoms with Crippen LogP contribution in [-0.4, -0.2) is 10.1 Å². The lowest BCUT2D eigenvalue weighted by molar-refractivity contribution is 0.376. The summed E-state index contributed by atoms with van der Waals surface area (Å²) in [4.78, 5) is 4.17. The van der Waals surface area contributed by atoms with Gasteiger partial charge in [-0.15, -0.1) is 11.8 Å². The Morgan fingerprint density at radius 3 is 2.89 bits per heavy atom. The zero-order valence-corrected chi connectivity index (χ0v) is 11.6. The molecule has 0 aliphatic carbocycles. The lowest BCUT2D eigenvalue weighted by atomic mass is 10.2. The van der Waals surface area contributed by atoms with E-state index < -0.39 is 0 Å². The van der Waals surface area contributed by atoms with E-state index in [1.165, 1.54) is 12.1 Å². The molecule has 3 nitrogen and oxygen atoms in total. The number of hydrogen-bond donors (Lipinski definition) is 0. The van der Waals surface area contributed by atoms with Crippen molar-refractivity contribution < 1.29 is 8.91 Å². The van der Waals surface area contributed by atoms with Gasteiger partial charge >= 0.3 is 0 Å². The van der Waals surface area contributed by atoms with Gasteiger partial charge in [0.15, 0.2) is 5.82 Å². The van der Waals surface area contributed by atoms with Gasteiger partial charge in [0, 0.05) is 10.8 Å². The first-order chi connectivity index (χ1) is 8.56. The average Bonchev–Trinajstić information content (AvgIpc) is 2.74. The predicted octanol–water partition coefficient (Wildman–Crippen LogP) is 4.16. The Morgan fingerprint density at radius 2 is 2.28 bits per heavy atom. The molecule has 0 saturated carbocycles. The second-order valence-corrected chi connectivity index (χ2v) is 5.61. The highest BCUT2D eigenvalue weighted by Gasteiger charge is 2.14. The SMILES string of the molecule is Cc1noc(C(C)SCc2ccc(F)cc2Cl)n1. The van der Waals surface area contributed by atoms with E-state index in [1.54, 1.807) is 24.8 Å². The van der Waals surface area contributed by atoms with Crippen LogP contribution in [0.4, 0.5) is 4.39 Å². The molecule has 0 aliphatic rings. The van der Waals surface area contributed by atoms with Crippen LogP contribution in [0.25, 0.3) is 0 Å². The fraction of sp³-hybridized carbons (Fsp3) is 0.333. The molecule has 1 heterocycles. The van der Waals surface area contributed by atoms with Gasteiger partial charge in [-0.3, -0.25) is 0 Å². The largest absolute Gasteiger partial charge is 0.338 e. The maximum absolute atomic E-state index is 12.9. The molecule has 1 atom stereocenters. The highest BCUT2D eigenvalue weighted by atomic mass is 35.5. The summed E-state index contributed by atoms with van der Waals surface area (Å²) in [6.07, 6.45) is 0. The summed E-state index contributed by atoms with van der Waals surface area (Å²) in [5.41, 5.74) is 0.895. The fourth-order valence-corrected chi connectivity index (χ4v) is 2.64. The summed E-state index contributed by atoms with van der Waals surface area (Å²) in [5, 5.41) is 4.26. The number of rotatable bonds is 4. The van der Waals surface area contributed by atoms with Crippen LogP contribution >= 0.6 is 23.4 Å². The second-order valence-electron chi connectivity index (χ2n) is 3.87. The van der Waals surface area contributed by atoms with Gasteiger partial charge in [0.2, 0.25) is 5.89 Å². The zero-order valence-electron chi connectivity index (χ0n) is 9.98. The number of aryl methyl sites for hydroxylation is 1. The lowest BCUT2D eigenvalue weighted by Crippen LogP contribution is -1.91. The van der Waals surface area contributed by atoms with Crippen LogP contribution in [0.1, 0.15) is 29.5 Å². The number of benzene rings is 1. The van der Waals surface area contributed by atoms with E-state index in [-0.39, 0.29) is 11.1 Å². The minimum absolute atomic E-state index is 0.0762. The molecule has 2 aromatic rings. The Bertz CT molecular complexity index is 547. The topological polar surface area (TPSA) is 38.9 Å². The van der Waals surface area contributed by atoms with Crippen molar-refractivity contribution >= 4 is 23.4 Å². The maximum atomic E-state index is 12.9. The van der Waals surface area contributed by atoms with E-state index in [9.17, 15) is 4.39 Å². The van der Waals surface area contributed by atoms with Crippen LogP contribution in [0.15, 0.2) is 22.7 Å². The molecule has 2 rings (SSSR count). The van der Waals surface area contributed by atoms with Gasteiger partial charge in [-0.1, -0.05) is 22.8 Å². The van der Waals surface area contributed by atoms with Crippen molar-refractivity contribution in [1.82, 2.24) is 10.1 Å². The summed E-state index contributed by atoms with van der Waals surface area (Å²) in [7, 11) is 0. The van der Waals surface area contributed by atoms with Gasteiger partial charge in [0.1, 0.15) is 5.82 Å². The van der Waals surface area contributed by atoms with Gasteiger partial charge in [0.25, 0.3) is 0 Å².